The number of nitro benzene ring substituents is 1. The predicted octanol–water partition coefficient (Wildman–Crippen LogP) is 4.30. The first-order valence-electron chi connectivity index (χ1n) is 7.81. The molecule has 0 N–H and O–H groups in total. The smallest absolute Gasteiger partial charge is 0.285 e. The summed E-state index contributed by atoms with van der Waals surface area (Å²) < 4.78 is 0.419. The zero-order chi connectivity index (χ0) is 19.6. The van der Waals surface area contributed by atoms with Crippen LogP contribution in [0.25, 0.3) is 0 Å². The van der Waals surface area contributed by atoms with Gasteiger partial charge < -0.3 is 4.90 Å². The fourth-order valence-corrected chi connectivity index (χ4v) is 3.83. The molecule has 0 heterocycles. The van der Waals surface area contributed by atoms with Crippen molar-refractivity contribution in [2.24, 2.45) is 0 Å². The fraction of sp³-hybridized carbons (Fsp3) is 0.278. The molecule has 8 heteroatoms. The lowest BCUT2D eigenvalue weighted by Gasteiger charge is -2.25. The van der Waals surface area contributed by atoms with Crippen LogP contribution >= 0.6 is 23.4 Å². The molecule has 138 valence electrons. The third-order valence-electron chi connectivity index (χ3n) is 3.69. The van der Waals surface area contributed by atoms with Crippen molar-refractivity contribution in [1.82, 2.24) is 9.38 Å². The van der Waals surface area contributed by atoms with Crippen molar-refractivity contribution in [3.05, 3.63) is 57.1 Å². The van der Waals surface area contributed by atoms with Gasteiger partial charge in [0.25, 0.3) is 11.6 Å². The van der Waals surface area contributed by atoms with Crippen LogP contribution in [0.3, 0.4) is 0 Å². The van der Waals surface area contributed by atoms with Gasteiger partial charge in [-0.3, -0.25) is 19.4 Å². The maximum Gasteiger partial charge on any atom is 0.285 e. The number of rotatable bonds is 5. The second kappa shape index (κ2) is 7.65. The Labute approximate surface area is 162 Å². The average Bonchev–Trinajstić information content (AvgIpc) is 2.54. The lowest BCUT2D eigenvalue weighted by Crippen LogP contribution is -2.35. The Hall–Kier alpha value is -2.09. The zero-order valence-electron chi connectivity index (χ0n) is 15.3. The van der Waals surface area contributed by atoms with E-state index < -0.39 is 4.92 Å². The van der Waals surface area contributed by atoms with Crippen molar-refractivity contribution in [2.75, 3.05) is 35.2 Å². The first kappa shape index (κ1) is 20.2. The molecule has 0 unspecified atom stereocenters. The molecule has 2 aromatic carbocycles. The normalized spacial score (nSPS) is 11.3. The van der Waals surface area contributed by atoms with Gasteiger partial charge in [0, 0.05) is 31.1 Å². The summed E-state index contributed by atoms with van der Waals surface area (Å²) in [7, 11) is 9.15. The van der Waals surface area contributed by atoms with Gasteiger partial charge in [0.1, 0.15) is 5.02 Å². The van der Waals surface area contributed by atoms with E-state index in [-0.39, 0.29) is 11.6 Å². The molecule has 0 aliphatic heterocycles. The van der Waals surface area contributed by atoms with Crippen molar-refractivity contribution in [3.63, 3.8) is 0 Å². The second-order valence-corrected chi connectivity index (χ2v) is 8.33. The Morgan fingerprint density at radius 1 is 1.15 bits per heavy atom. The summed E-state index contributed by atoms with van der Waals surface area (Å²) in [6, 6.07) is 10.2. The van der Waals surface area contributed by atoms with Crippen LogP contribution in [0, 0.1) is 10.1 Å². The molecule has 0 aliphatic carbocycles. The number of nitrogens with zero attached hydrogens (tertiary/aromatic N) is 3. The van der Waals surface area contributed by atoms with Crippen LogP contribution in [-0.4, -0.2) is 51.0 Å². The number of halogens is 1. The number of amides is 1. The standard InChI is InChI=1S/C18H21ClN3O3S/c1-20(2)18(23)12-8-6-7-9-16(12)26-17-11-15(22(3,4)5)13(19)10-14(17)21(24)25/h6-11H,1-5H3/q+1. The maximum atomic E-state index is 12.4. The largest absolute Gasteiger partial charge is 0.345 e. The Bertz CT molecular complexity index is 863. The quantitative estimate of drug-likeness (QED) is 0.431. The third kappa shape index (κ3) is 4.35. The molecule has 0 spiro atoms. The van der Waals surface area contributed by atoms with Crippen molar-refractivity contribution in [1.29, 1.82) is 0 Å². The molecule has 0 radical (unpaired) electrons. The first-order chi connectivity index (χ1) is 12.0. The minimum Gasteiger partial charge on any atom is -0.345 e. The molecule has 0 bridgehead atoms. The molecule has 1 amide bonds. The van der Waals surface area contributed by atoms with Crippen LogP contribution in [-0.2, 0) is 0 Å². The van der Waals surface area contributed by atoms with Crippen LogP contribution in [0.5, 0.6) is 0 Å². The predicted molar refractivity (Wildman–Crippen MR) is 106 cm³/mol. The highest BCUT2D eigenvalue weighted by Crippen LogP contribution is 2.42. The summed E-state index contributed by atoms with van der Waals surface area (Å²) in [6.07, 6.45) is 0. The molecule has 0 atom stereocenters. The molecule has 0 saturated carbocycles. The molecular formula is C18H21ClN3O3S+. The Balaban J connectivity index is 2.60. The van der Waals surface area contributed by atoms with Gasteiger partial charge in [-0.15, -0.1) is 0 Å². The molecule has 26 heavy (non-hydrogen) atoms. The Morgan fingerprint density at radius 2 is 1.77 bits per heavy atom. The number of benzene rings is 2. The maximum absolute atomic E-state index is 12.4. The number of quaternary nitrogens is 1. The second-order valence-electron chi connectivity index (χ2n) is 6.84. The van der Waals surface area contributed by atoms with Crippen molar-refractivity contribution in [3.8, 4) is 0 Å². The summed E-state index contributed by atoms with van der Waals surface area (Å²) in [5, 5.41) is 11.8. The number of carbonyl (C=O) groups excluding carboxylic acids is 1. The number of carbonyl (C=O) groups is 1. The van der Waals surface area contributed by atoms with E-state index >= 15 is 0 Å². The highest BCUT2D eigenvalue weighted by atomic mass is 35.5. The molecule has 6 nitrogen and oxygen atoms in total. The molecule has 2 aromatic rings. The summed E-state index contributed by atoms with van der Waals surface area (Å²) in [5.41, 5.74) is 1.18. The Morgan fingerprint density at radius 3 is 2.31 bits per heavy atom. The van der Waals surface area contributed by atoms with E-state index in [1.807, 2.05) is 21.1 Å². The van der Waals surface area contributed by atoms with Crippen LogP contribution in [0.1, 0.15) is 10.4 Å². The molecule has 0 aliphatic rings. The van der Waals surface area contributed by atoms with E-state index in [9.17, 15) is 14.9 Å². The van der Waals surface area contributed by atoms with Gasteiger partial charge in [-0.2, -0.15) is 0 Å². The number of hydrogen-bond donors (Lipinski definition) is 0. The highest BCUT2D eigenvalue weighted by molar-refractivity contribution is 7.99. The fourth-order valence-electron chi connectivity index (χ4n) is 2.36. The lowest BCUT2D eigenvalue weighted by molar-refractivity contribution is -0.387. The Kier molecular flexibility index (Phi) is 5.95. The van der Waals surface area contributed by atoms with Gasteiger partial charge >= 0.3 is 0 Å². The average molecular weight is 395 g/mol. The van der Waals surface area contributed by atoms with E-state index in [1.165, 1.54) is 22.7 Å². The number of nitro groups is 1. The summed E-state index contributed by atoms with van der Waals surface area (Å²) in [6.45, 7) is 0. The third-order valence-corrected chi connectivity index (χ3v) is 5.12. The van der Waals surface area contributed by atoms with E-state index in [2.05, 4.69) is 0 Å². The number of hydrogen-bond acceptors (Lipinski definition) is 4. The van der Waals surface area contributed by atoms with Gasteiger partial charge in [-0.1, -0.05) is 35.5 Å². The zero-order valence-corrected chi connectivity index (χ0v) is 16.9. The molecule has 0 fully saturated rings. The van der Waals surface area contributed by atoms with Gasteiger partial charge in [0.2, 0.25) is 0 Å². The van der Waals surface area contributed by atoms with E-state index in [4.69, 9.17) is 11.6 Å². The molecule has 0 saturated heterocycles. The minimum absolute atomic E-state index is 0.0793. The monoisotopic (exact) mass is 394 g/mol. The van der Waals surface area contributed by atoms with Crippen molar-refractivity contribution in [2.45, 2.75) is 9.79 Å². The van der Waals surface area contributed by atoms with Crippen molar-refractivity contribution >= 4 is 40.6 Å². The van der Waals surface area contributed by atoms with Crippen LogP contribution in [0.2, 0.25) is 5.02 Å². The lowest BCUT2D eigenvalue weighted by atomic mass is 10.2. The van der Waals surface area contributed by atoms with Crippen LogP contribution < -0.4 is 4.48 Å². The summed E-state index contributed by atoms with van der Waals surface area (Å²) in [4.78, 5) is 26.0. The molecular weight excluding hydrogens is 374 g/mol. The summed E-state index contributed by atoms with van der Waals surface area (Å²) >= 11 is 7.46. The van der Waals surface area contributed by atoms with E-state index in [0.717, 1.165) is 5.69 Å². The van der Waals surface area contributed by atoms with Gasteiger partial charge in [0.05, 0.1) is 36.5 Å². The van der Waals surface area contributed by atoms with Crippen LogP contribution in [0.4, 0.5) is 11.4 Å². The first-order valence-corrected chi connectivity index (χ1v) is 9.00. The highest BCUT2D eigenvalue weighted by Gasteiger charge is 2.26. The van der Waals surface area contributed by atoms with Crippen molar-refractivity contribution < 1.29 is 9.72 Å². The van der Waals surface area contributed by atoms with Gasteiger partial charge in [-0.05, 0) is 12.1 Å². The van der Waals surface area contributed by atoms with Gasteiger partial charge in [0.15, 0.2) is 5.69 Å². The summed E-state index contributed by atoms with van der Waals surface area (Å²) in [5.74, 6) is -0.156. The topological polar surface area (TPSA) is 63.5 Å². The minimum atomic E-state index is -0.454. The van der Waals surface area contributed by atoms with E-state index in [1.54, 1.807) is 44.4 Å². The van der Waals surface area contributed by atoms with Gasteiger partial charge in [-0.25, -0.2) is 0 Å². The van der Waals surface area contributed by atoms with Crippen LogP contribution in [0.15, 0.2) is 46.2 Å². The molecule has 0 aromatic heterocycles. The van der Waals surface area contributed by atoms with E-state index in [0.29, 0.717) is 24.9 Å². The molecule has 2 rings (SSSR count). The SMILES string of the molecule is CN(C)C(=O)c1ccccc1Sc1cc([N+](C)(C)C)c(Cl)cc1[N+](=O)[O-].